The van der Waals surface area contributed by atoms with Gasteiger partial charge >= 0.3 is 0 Å². The normalized spacial score (nSPS) is 25.7. The van der Waals surface area contributed by atoms with E-state index in [2.05, 4.69) is 46.6 Å². The average Bonchev–Trinajstić information content (AvgIpc) is 2.75. The van der Waals surface area contributed by atoms with Gasteiger partial charge < -0.3 is 10.1 Å². The summed E-state index contributed by atoms with van der Waals surface area (Å²) >= 11 is 0. The molecule has 1 saturated heterocycles. The third-order valence-corrected chi connectivity index (χ3v) is 3.95. The predicted octanol–water partition coefficient (Wildman–Crippen LogP) is 1.74. The van der Waals surface area contributed by atoms with Gasteiger partial charge in [-0.1, -0.05) is 0 Å². The largest absolute Gasteiger partial charge is 0.328 e. The van der Waals surface area contributed by atoms with E-state index in [9.17, 15) is 0 Å². The number of pyridine rings is 1. The van der Waals surface area contributed by atoms with Crippen molar-refractivity contribution in [1.29, 1.82) is 0 Å². The van der Waals surface area contributed by atoms with Crippen LogP contribution >= 0.6 is 0 Å². The van der Waals surface area contributed by atoms with Crippen molar-refractivity contribution in [2.45, 2.75) is 31.8 Å². The van der Waals surface area contributed by atoms with Gasteiger partial charge in [-0.25, -0.2) is 4.98 Å². The maximum Gasteiger partial charge on any atom is 0.137 e. The summed E-state index contributed by atoms with van der Waals surface area (Å²) < 4.78 is 2.19. The summed E-state index contributed by atoms with van der Waals surface area (Å²) in [6, 6.07) is 4.93. The van der Waals surface area contributed by atoms with Crippen LogP contribution in [0, 0.1) is 6.92 Å². The molecule has 4 nitrogen and oxygen atoms in total. The quantitative estimate of drug-likeness (QED) is 0.831. The van der Waals surface area contributed by atoms with Crippen LogP contribution in [-0.4, -0.2) is 33.9 Å². The standard InChI is InChI=1S/C14H20N4/c1-10-3-6-18-13(9-16-14(18)7-10)12-8-11(15)4-5-17(12)2/h3,6-7,9,11-12H,4-5,8,15H2,1-2H3. The van der Waals surface area contributed by atoms with Gasteiger partial charge in [0.25, 0.3) is 0 Å². The second kappa shape index (κ2) is 4.37. The third kappa shape index (κ3) is 1.91. The van der Waals surface area contributed by atoms with Crippen molar-refractivity contribution in [2.75, 3.05) is 13.6 Å². The predicted molar refractivity (Wildman–Crippen MR) is 72.5 cm³/mol. The molecule has 0 aliphatic carbocycles. The Morgan fingerprint density at radius 3 is 3.11 bits per heavy atom. The first kappa shape index (κ1) is 11.7. The number of nitrogens with zero attached hydrogens (tertiary/aromatic N) is 3. The molecule has 2 aromatic rings. The topological polar surface area (TPSA) is 46.6 Å². The lowest BCUT2D eigenvalue weighted by Gasteiger charge is -2.35. The van der Waals surface area contributed by atoms with E-state index in [1.54, 1.807) is 0 Å². The summed E-state index contributed by atoms with van der Waals surface area (Å²) in [4.78, 5) is 6.89. The molecule has 4 heteroatoms. The highest BCUT2D eigenvalue weighted by Crippen LogP contribution is 2.29. The van der Waals surface area contributed by atoms with Crippen molar-refractivity contribution in [3.8, 4) is 0 Å². The molecule has 2 unspecified atom stereocenters. The summed E-state index contributed by atoms with van der Waals surface area (Å²) in [7, 11) is 2.17. The Balaban J connectivity index is 2.03. The van der Waals surface area contributed by atoms with E-state index in [4.69, 9.17) is 5.73 Å². The number of likely N-dealkylation sites (tertiary alicyclic amines) is 1. The molecule has 2 atom stereocenters. The lowest BCUT2D eigenvalue weighted by Crippen LogP contribution is -2.40. The Labute approximate surface area is 107 Å². The highest BCUT2D eigenvalue weighted by atomic mass is 15.2. The van der Waals surface area contributed by atoms with Crippen molar-refractivity contribution in [2.24, 2.45) is 5.73 Å². The van der Waals surface area contributed by atoms with Crippen LogP contribution in [0.5, 0.6) is 0 Å². The van der Waals surface area contributed by atoms with E-state index in [0.29, 0.717) is 12.1 Å². The summed E-state index contributed by atoms with van der Waals surface area (Å²) in [6.45, 7) is 3.15. The lowest BCUT2D eigenvalue weighted by molar-refractivity contribution is 0.167. The van der Waals surface area contributed by atoms with Gasteiger partial charge in [0.05, 0.1) is 17.9 Å². The van der Waals surface area contributed by atoms with Crippen molar-refractivity contribution >= 4 is 5.65 Å². The SMILES string of the molecule is Cc1ccn2c(C3CC(N)CCN3C)cnc2c1. The van der Waals surface area contributed by atoms with Gasteiger partial charge in [-0.3, -0.25) is 4.90 Å². The van der Waals surface area contributed by atoms with Crippen LogP contribution in [-0.2, 0) is 0 Å². The first-order valence-electron chi connectivity index (χ1n) is 6.54. The van der Waals surface area contributed by atoms with Crippen molar-refractivity contribution in [1.82, 2.24) is 14.3 Å². The summed E-state index contributed by atoms with van der Waals surface area (Å²) in [5, 5.41) is 0. The van der Waals surface area contributed by atoms with E-state index in [1.165, 1.54) is 11.3 Å². The number of aryl methyl sites for hydroxylation is 1. The zero-order valence-corrected chi connectivity index (χ0v) is 11.0. The van der Waals surface area contributed by atoms with Crippen LogP contribution in [0.15, 0.2) is 24.5 Å². The van der Waals surface area contributed by atoms with Gasteiger partial charge in [0, 0.05) is 12.2 Å². The van der Waals surface area contributed by atoms with Gasteiger partial charge in [0.1, 0.15) is 5.65 Å². The number of rotatable bonds is 1. The minimum atomic E-state index is 0.308. The molecular formula is C14H20N4. The fourth-order valence-electron chi connectivity index (χ4n) is 2.81. The first-order chi connectivity index (χ1) is 8.65. The van der Waals surface area contributed by atoms with Gasteiger partial charge in [-0.05, 0) is 51.1 Å². The smallest absolute Gasteiger partial charge is 0.137 e. The molecule has 2 aromatic heterocycles. The Kier molecular flexibility index (Phi) is 2.84. The van der Waals surface area contributed by atoms with E-state index >= 15 is 0 Å². The Bertz CT molecular complexity index is 560. The molecule has 2 N–H and O–H groups in total. The Morgan fingerprint density at radius 2 is 2.28 bits per heavy atom. The molecule has 3 rings (SSSR count). The van der Waals surface area contributed by atoms with E-state index in [0.717, 1.165) is 25.0 Å². The highest BCUT2D eigenvalue weighted by molar-refractivity contribution is 5.43. The molecule has 0 bridgehead atoms. The lowest BCUT2D eigenvalue weighted by atomic mass is 9.96. The molecule has 0 amide bonds. The van der Waals surface area contributed by atoms with Crippen LogP contribution in [0.1, 0.15) is 30.1 Å². The number of hydrogen-bond acceptors (Lipinski definition) is 3. The molecule has 1 aliphatic heterocycles. The fourth-order valence-corrected chi connectivity index (χ4v) is 2.81. The number of aromatic nitrogens is 2. The fraction of sp³-hybridized carbons (Fsp3) is 0.500. The maximum absolute atomic E-state index is 6.11. The zero-order chi connectivity index (χ0) is 12.7. The van der Waals surface area contributed by atoms with Gasteiger partial charge in [-0.2, -0.15) is 0 Å². The summed E-state index contributed by atoms with van der Waals surface area (Å²) in [5.74, 6) is 0. The third-order valence-electron chi connectivity index (χ3n) is 3.95. The number of nitrogens with two attached hydrogens (primary N) is 1. The van der Waals surface area contributed by atoms with Crippen LogP contribution in [0.25, 0.3) is 5.65 Å². The molecule has 1 aliphatic rings. The van der Waals surface area contributed by atoms with Crippen LogP contribution in [0.2, 0.25) is 0 Å². The van der Waals surface area contributed by atoms with Crippen LogP contribution in [0.3, 0.4) is 0 Å². The van der Waals surface area contributed by atoms with E-state index in [1.807, 2.05) is 6.20 Å². The number of piperidine rings is 1. The minimum Gasteiger partial charge on any atom is -0.328 e. The highest BCUT2D eigenvalue weighted by Gasteiger charge is 2.27. The van der Waals surface area contributed by atoms with Crippen LogP contribution < -0.4 is 5.73 Å². The second-order valence-corrected chi connectivity index (χ2v) is 5.40. The monoisotopic (exact) mass is 244 g/mol. The van der Waals surface area contributed by atoms with Gasteiger partial charge in [0.15, 0.2) is 0 Å². The van der Waals surface area contributed by atoms with Crippen LogP contribution in [0.4, 0.5) is 0 Å². The molecule has 3 heterocycles. The minimum absolute atomic E-state index is 0.308. The molecule has 1 fully saturated rings. The molecule has 18 heavy (non-hydrogen) atoms. The van der Waals surface area contributed by atoms with E-state index in [-0.39, 0.29) is 0 Å². The van der Waals surface area contributed by atoms with Crippen molar-refractivity contribution < 1.29 is 0 Å². The van der Waals surface area contributed by atoms with Crippen molar-refractivity contribution in [3.05, 3.63) is 35.8 Å². The maximum atomic E-state index is 6.11. The summed E-state index contributed by atoms with van der Waals surface area (Å²) in [5.41, 5.74) is 9.63. The number of fused-ring (bicyclic) bond motifs is 1. The van der Waals surface area contributed by atoms with Gasteiger partial charge in [-0.15, -0.1) is 0 Å². The molecule has 0 spiro atoms. The van der Waals surface area contributed by atoms with Gasteiger partial charge in [0.2, 0.25) is 0 Å². The molecule has 96 valence electrons. The molecule has 0 saturated carbocycles. The average molecular weight is 244 g/mol. The molecule has 0 aromatic carbocycles. The number of imidazole rings is 1. The molecular weight excluding hydrogens is 224 g/mol. The van der Waals surface area contributed by atoms with E-state index < -0.39 is 0 Å². The van der Waals surface area contributed by atoms with Crippen molar-refractivity contribution in [3.63, 3.8) is 0 Å². The Hall–Kier alpha value is -1.39. The first-order valence-corrected chi connectivity index (χ1v) is 6.54. The second-order valence-electron chi connectivity index (χ2n) is 5.40. The Morgan fingerprint density at radius 1 is 1.44 bits per heavy atom. The zero-order valence-electron chi connectivity index (χ0n) is 11.0. The summed E-state index contributed by atoms with van der Waals surface area (Å²) in [6.07, 6.45) is 6.20. The molecule has 0 radical (unpaired) electrons. The number of hydrogen-bond donors (Lipinski definition) is 1.